The number of carbonyl (C=O) groups is 1. The predicted molar refractivity (Wildman–Crippen MR) is 109 cm³/mol. The van der Waals surface area contributed by atoms with Gasteiger partial charge in [-0.2, -0.15) is 0 Å². The summed E-state index contributed by atoms with van der Waals surface area (Å²) in [6, 6.07) is 13.1. The van der Waals surface area contributed by atoms with Crippen LogP contribution in [0.4, 0.5) is 0 Å². The summed E-state index contributed by atoms with van der Waals surface area (Å²) in [7, 11) is 0. The number of nitrogens with zero attached hydrogens (tertiary/aromatic N) is 2. The van der Waals surface area contributed by atoms with Crippen molar-refractivity contribution in [1.82, 2.24) is 9.88 Å². The van der Waals surface area contributed by atoms with E-state index >= 15 is 0 Å². The Kier molecular flexibility index (Phi) is 5.49. The molecule has 1 heterocycles. The van der Waals surface area contributed by atoms with Gasteiger partial charge in [-0.25, -0.2) is 0 Å². The van der Waals surface area contributed by atoms with Crippen molar-refractivity contribution in [2.24, 2.45) is 0 Å². The van der Waals surface area contributed by atoms with E-state index in [0.717, 1.165) is 22.0 Å². The van der Waals surface area contributed by atoms with E-state index in [1.165, 1.54) is 0 Å². The summed E-state index contributed by atoms with van der Waals surface area (Å²) in [5, 5.41) is 2.01. The minimum atomic E-state index is -0.0446. The van der Waals surface area contributed by atoms with Crippen LogP contribution in [0.3, 0.4) is 0 Å². The first-order chi connectivity index (χ1) is 12.5. The second-order valence-electron chi connectivity index (χ2n) is 6.07. The number of rotatable bonds is 4. The molecule has 0 N–H and O–H groups in total. The third kappa shape index (κ3) is 3.29. The Bertz CT molecular complexity index is 981. The fourth-order valence-corrected chi connectivity index (χ4v) is 3.63. The van der Waals surface area contributed by atoms with Crippen molar-refractivity contribution in [2.75, 3.05) is 13.1 Å². The smallest absolute Gasteiger partial charge is 0.256 e. The molecule has 0 aliphatic rings. The van der Waals surface area contributed by atoms with Gasteiger partial charge in [-0.1, -0.05) is 41.4 Å². The fourth-order valence-electron chi connectivity index (χ4n) is 3.23. The van der Waals surface area contributed by atoms with E-state index in [0.29, 0.717) is 34.4 Å². The van der Waals surface area contributed by atoms with Gasteiger partial charge in [0.2, 0.25) is 0 Å². The van der Waals surface area contributed by atoms with Crippen molar-refractivity contribution in [2.45, 2.75) is 20.8 Å². The highest BCUT2D eigenvalue weighted by Crippen LogP contribution is 2.38. The van der Waals surface area contributed by atoms with Gasteiger partial charge in [0.25, 0.3) is 5.91 Å². The summed E-state index contributed by atoms with van der Waals surface area (Å²) in [5.74, 6) is -0.0446. The maximum atomic E-state index is 13.3. The minimum absolute atomic E-state index is 0.0446. The van der Waals surface area contributed by atoms with Gasteiger partial charge in [0, 0.05) is 39.6 Å². The van der Waals surface area contributed by atoms with Crippen molar-refractivity contribution >= 4 is 40.0 Å². The van der Waals surface area contributed by atoms with Crippen LogP contribution in [-0.2, 0) is 0 Å². The Balaban J connectivity index is 2.44. The summed E-state index contributed by atoms with van der Waals surface area (Å²) in [6.45, 7) is 7.06. The molecule has 0 radical (unpaired) electrons. The van der Waals surface area contributed by atoms with Gasteiger partial charge in [-0.05, 0) is 45.0 Å². The number of aryl methyl sites for hydroxylation is 1. The number of fused-ring (bicyclic) bond motifs is 1. The molecule has 0 saturated heterocycles. The van der Waals surface area contributed by atoms with Crippen LogP contribution >= 0.6 is 23.2 Å². The first kappa shape index (κ1) is 18.7. The van der Waals surface area contributed by atoms with Crippen LogP contribution < -0.4 is 0 Å². The normalized spacial score (nSPS) is 11.0. The van der Waals surface area contributed by atoms with Crippen LogP contribution in [0.15, 0.2) is 42.5 Å². The van der Waals surface area contributed by atoms with E-state index in [4.69, 9.17) is 23.2 Å². The Morgan fingerprint density at radius 3 is 2.42 bits per heavy atom. The zero-order valence-corrected chi connectivity index (χ0v) is 16.5. The average molecular weight is 387 g/mol. The molecule has 26 heavy (non-hydrogen) atoms. The van der Waals surface area contributed by atoms with E-state index in [-0.39, 0.29) is 5.91 Å². The van der Waals surface area contributed by atoms with Gasteiger partial charge >= 0.3 is 0 Å². The number of halogens is 2. The van der Waals surface area contributed by atoms with Gasteiger partial charge in [0.15, 0.2) is 0 Å². The summed E-state index contributed by atoms with van der Waals surface area (Å²) in [6.07, 6.45) is 0. The average Bonchev–Trinajstić information content (AvgIpc) is 2.62. The summed E-state index contributed by atoms with van der Waals surface area (Å²) < 4.78 is 0. The third-order valence-corrected chi connectivity index (χ3v) is 5.10. The molecule has 0 bridgehead atoms. The number of carbonyl (C=O) groups excluding carboxylic acids is 1. The van der Waals surface area contributed by atoms with Gasteiger partial charge in [0.05, 0.1) is 16.8 Å². The van der Waals surface area contributed by atoms with Crippen molar-refractivity contribution in [3.63, 3.8) is 0 Å². The number of aromatic nitrogens is 1. The third-order valence-electron chi connectivity index (χ3n) is 4.54. The molecule has 3 rings (SSSR count). The van der Waals surface area contributed by atoms with Gasteiger partial charge in [-0.3, -0.25) is 9.78 Å². The Morgan fingerprint density at radius 2 is 1.77 bits per heavy atom. The molecule has 0 unspecified atom stereocenters. The standard InChI is InChI=1S/C21H20Cl2N2O/c1-4-25(5-2)21(26)19-13(3)24-18-11-10-14(22)12-16(18)20(19)15-8-6-7-9-17(15)23/h6-12H,4-5H2,1-3H3. The quantitative estimate of drug-likeness (QED) is 0.550. The Labute approximate surface area is 163 Å². The fraction of sp³-hybridized carbons (Fsp3) is 0.238. The highest BCUT2D eigenvalue weighted by Gasteiger charge is 2.24. The number of pyridine rings is 1. The van der Waals surface area contributed by atoms with Crippen molar-refractivity contribution < 1.29 is 4.79 Å². The number of hydrogen-bond acceptors (Lipinski definition) is 2. The topological polar surface area (TPSA) is 33.2 Å². The second kappa shape index (κ2) is 7.65. The minimum Gasteiger partial charge on any atom is -0.339 e. The SMILES string of the molecule is CCN(CC)C(=O)c1c(C)nc2ccc(Cl)cc2c1-c1ccccc1Cl. The summed E-state index contributed by atoms with van der Waals surface area (Å²) in [5.41, 5.74) is 3.65. The molecule has 2 aromatic carbocycles. The van der Waals surface area contributed by atoms with Crippen LogP contribution in [0.2, 0.25) is 10.0 Å². The predicted octanol–water partition coefficient (Wildman–Crippen LogP) is 6.00. The number of benzene rings is 2. The monoisotopic (exact) mass is 386 g/mol. The first-order valence-corrected chi connectivity index (χ1v) is 9.37. The Morgan fingerprint density at radius 1 is 1.08 bits per heavy atom. The highest BCUT2D eigenvalue weighted by molar-refractivity contribution is 6.34. The molecule has 5 heteroatoms. The number of hydrogen-bond donors (Lipinski definition) is 0. The maximum Gasteiger partial charge on any atom is 0.256 e. The van der Waals surface area contributed by atoms with E-state index in [1.807, 2.05) is 57.2 Å². The lowest BCUT2D eigenvalue weighted by Crippen LogP contribution is -2.31. The van der Waals surface area contributed by atoms with Gasteiger partial charge in [-0.15, -0.1) is 0 Å². The zero-order valence-electron chi connectivity index (χ0n) is 15.0. The second-order valence-corrected chi connectivity index (χ2v) is 6.91. The van der Waals surface area contributed by atoms with Gasteiger partial charge in [0.1, 0.15) is 0 Å². The molecule has 1 aromatic heterocycles. The highest BCUT2D eigenvalue weighted by atomic mass is 35.5. The molecule has 3 nitrogen and oxygen atoms in total. The van der Waals surface area contributed by atoms with Crippen LogP contribution in [0, 0.1) is 6.92 Å². The molecule has 134 valence electrons. The van der Waals surface area contributed by atoms with Crippen LogP contribution in [0.1, 0.15) is 29.9 Å². The largest absolute Gasteiger partial charge is 0.339 e. The first-order valence-electron chi connectivity index (χ1n) is 8.61. The molecular formula is C21H20Cl2N2O. The maximum absolute atomic E-state index is 13.3. The van der Waals surface area contributed by atoms with E-state index in [2.05, 4.69) is 4.98 Å². The molecule has 3 aromatic rings. The molecule has 0 saturated carbocycles. The lowest BCUT2D eigenvalue weighted by molar-refractivity contribution is 0.0773. The van der Waals surface area contributed by atoms with Crippen LogP contribution in [-0.4, -0.2) is 28.9 Å². The lowest BCUT2D eigenvalue weighted by Gasteiger charge is -2.23. The molecule has 0 spiro atoms. The molecule has 0 aliphatic heterocycles. The van der Waals surface area contributed by atoms with Crippen LogP contribution in [0.5, 0.6) is 0 Å². The molecule has 0 fully saturated rings. The van der Waals surface area contributed by atoms with Crippen molar-refractivity contribution in [3.8, 4) is 11.1 Å². The Hall–Kier alpha value is -2.10. The summed E-state index contributed by atoms with van der Waals surface area (Å²) >= 11 is 12.7. The molecule has 0 atom stereocenters. The lowest BCUT2D eigenvalue weighted by atomic mass is 9.93. The summed E-state index contributed by atoms with van der Waals surface area (Å²) in [4.78, 5) is 19.7. The van der Waals surface area contributed by atoms with E-state index in [1.54, 1.807) is 11.0 Å². The van der Waals surface area contributed by atoms with E-state index in [9.17, 15) is 4.79 Å². The zero-order chi connectivity index (χ0) is 18.8. The molecule has 1 amide bonds. The van der Waals surface area contributed by atoms with E-state index < -0.39 is 0 Å². The molecule has 0 aliphatic carbocycles. The van der Waals surface area contributed by atoms with Crippen molar-refractivity contribution in [3.05, 3.63) is 63.8 Å². The van der Waals surface area contributed by atoms with Gasteiger partial charge < -0.3 is 4.90 Å². The molecular weight excluding hydrogens is 367 g/mol. The van der Waals surface area contributed by atoms with Crippen LogP contribution in [0.25, 0.3) is 22.0 Å². The number of amides is 1. The van der Waals surface area contributed by atoms with Crippen molar-refractivity contribution in [1.29, 1.82) is 0 Å².